The second-order valence-corrected chi connectivity index (χ2v) is 0. The van der Waals surface area contributed by atoms with Gasteiger partial charge in [0.05, 0.1) is 0 Å². The summed E-state index contributed by atoms with van der Waals surface area (Å²) >= 11 is 0. The Morgan fingerprint density at radius 1 is 1.00 bits per heavy atom. The van der Waals surface area contributed by atoms with Crippen molar-refractivity contribution in [2.24, 2.45) is 0 Å². The van der Waals surface area contributed by atoms with Crippen molar-refractivity contribution in [3.63, 3.8) is 0 Å². The van der Waals surface area contributed by atoms with E-state index in [2.05, 4.69) is 0 Å². The van der Waals surface area contributed by atoms with Gasteiger partial charge in [-0.1, -0.05) is 7.43 Å². The molecular formula is CH6CaMnS. The van der Waals surface area contributed by atoms with Crippen LogP contribution in [0.2, 0.25) is 0 Å². The van der Waals surface area contributed by atoms with E-state index in [1.54, 1.807) is 0 Å². The molecule has 0 amide bonds. The molecule has 0 fully saturated rings. The van der Waals surface area contributed by atoms with E-state index in [0.29, 0.717) is 0 Å². The van der Waals surface area contributed by atoms with Crippen LogP contribution in [-0.4, -0.2) is 37.7 Å². The van der Waals surface area contributed by atoms with Crippen molar-refractivity contribution in [2.45, 2.75) is 7.43 Å². The Morgan fingerprint density at radius 2 is 1.00 bits per heavy atom. The maximum atomic E-state index is 0. The van der Waals surface area contributed by atoms with Gasteiger partial charge < -0.3 is 0 Å². The minimum atomic E-state index is 0. The molecule has 0 aromatic rings. The molecule has 0 saturated carbocycles. The summed E-state index contributed by atoms with van der Waals surface area (Å²) in [6.45, 7) is 0. The summed E-state index contributed by atoms with van der Waals surface area (Å²) < 4.78 is 0. The van der Waals surface area contributed by atoms with Gasteiger partial charge in [0.25, 0.3) is 0 Å². The van der Waals surface area contributed by atoms with Crippen molar-refractivity contribution < 1.29 is 17.1 Å². The van der Waals surface area contributed by atoms with Crippen LogP contribution >= 0.6 is 13.5 Å². The quantitative estimate of drug-likeness (QED) is 0.432. The predicted molar refractivity (Wildman–Crippen MR) is 22.9 cm³/mol. The zero-order valence-corrected chi connectivity index (χ0v) is 5.97. The van der Waals surface area contributed by atoms with Crippen LogP contribution in [0, 0.1) is 0 Å². The van der Waals surface area contributed by atoms with Gasteiger partial charge >= 0.3 is 0 Å². The normalized spacial score (nSPS) is 0. The molecule has 0 atom stereocenters. The van der Waals surface area contributed by atoms with E-state index in [9.17, 15) is 0 Å². The molecule has 0 aliphatic carbocycles. The summed E-state index contributed by atoms with van der Waals surface area (Å²) in [4.78, 5) is 0. The molecule has 0 spiro atoms. The van der Waals surface area contributed by atoms with Gasteiger partial charge in [-0.05, 0) is 0 Å². The zero-order chi connectivity index (χ0) is 0. The Kier molecular flexibility index (Phi) is 172. The SMILES string of the molecule is C.S.[Ca].[Mn]. The maximum absolute atomic E-state index is 0. The van der Waals surface area contributed by atoms with Gasteiger partial charge in [0, 0.05) is 54.8 Å². The topological polar surface area (TPSA) is 0 Å². The van der Waals surface area contributed by atoms with Crippen LogP contribution < -0.4 is 0 Å². The fraction of sp³-hybridized carbons (Fsp3) is 1.00. The summed E-state index contributed by atoms with van der Waals surface area (Å²) in [5, 5.41) is 0. The molecule has 0 saturated heterocycles. The van der Waals surface area contributed by atoms with E-state index in [4.69, 9.17) is 0 Å². The third-order valence-corrected chi connectivity index (χ3v) is 0. The molecule has 0 rings (SSSR count). The van der Waals surface area contributed by atoms with Crippen molar-refractivity contribution >= 4 is 51.2 Å². The van der Waals surface area contributed by atoms with Gasteiger partial charge in [-0.3, -0.25) is 0 Å². The largest absolute Gasteiger partial charge is 0.197 e. The van der Waals surface area contributed by atoms with Gasteiger partial charge in [0.15, 0.2) is 0 Å². The van der Waals surface area contributed by atoms with E-state index in [1.165, 1.54) is 0 Å². The molecule has 0 bridgehead atoms. The molecule has 0 aromatic carbocycles. The molecule has 0 unspecified atom stereocenters. The van der Waals surface area contributed by atoms with Crippen LogP contribution in [0.4, 0.5) is 0 Å². The van der Waals surface area contributed by atoms with Gasteiger partial charge in [-0.2, -0.15) is 13.5 Å². The summed E-state index contributed by atoms with van der Waals surface area (Å²) in [5.41, 5.74) is 0. The first-order valence-corrected chi connectivity index (χ1v) is 0. The molecule has 0 heterocycles. The predicted octanol–water partition coefficient (Wildman–Crippen LogP) is 0.366. The Labute approximate surface area is 74.6 Å². The molecule has 0 nitrogen and oxygen atoms in total. The summed E-state index contributed by atoms with van der Waals surface area (Å²) in [6.07, 6.45) is 0. The third kappa shape index (κ3) is 8.92. The first-order chi connectivity index (χ1) is 0. The van der Waals surface area contributed by atoms with Crippen molar-refractivity contribution in [1.29, 1.82) is 0 Å². The smallest absolute Gasteiger partial charge is 0 e. The average Bonchev–Trinajstić information content (AvgIpc) is 0. The second-order valence-electron chi connectivity index (χ2n) is 0. The Bertz CT molecular complexity index is 8.00. The molecule has 0 aliphatic rings. The summed E-state index contributed by atoms with van der Waals surface area (Å²) in [6, 6.07) is 0. The number of hydrogen-bond donors (Lipinski definition) is 0. The number of rotatable bonds is 0. The van der Waals surface area contributed by atoms with Crippen LogP contribution in [-0.2, 0) is 17.1 Å². The Morgan fingerprint density at radius 3 is 1.00 bits per heavy atom. The minimum absolute atomic E-state index is 0. The van der Waals surface area contributed by atoms with E-state index in [0.717, 1.165) is 0 Å². The minimum Gasteiger partial charge on any atom is -0.197 e. The van der Waals surface area contributed by atoms with Crippen molar-refractivity contribution in [2.75, 3.05) is 0 Å². The van der Waals surface area contributed by atoms with E-state index < -0.39 is 0 Å². The molecule has 0 N–H and O–H groups in total. The van der Waals surface area contributed by atoms with Gasteiger partial charge in [0.1, 0.15) is 0 Å². The van der Waals surface area contributed by atoms with Crippen molar-refractivity contribution in [3.05, 3.63) is 0 Å². The first kappa shape index (κ1) is 35.6. The van der Waals surface area contributed by atoms with E-state index in [-0.39, 0.29) is 75.7 Å². The zero-order valence-electron chi connectivity index (χ0n) is 1.59. The molecule has 3 radical (unpaired) electrons. The van der Waals surface area contributed by atoms with Crippen molar-refractivity contribution in [3.8, 4) is 0 Å². The van der Waals surface area contributed by atoms with Gasteiger partial charge in [-0.25, -0.2) is 0 Å². The third-order valence-electron chi connectivity index (χ3n) is 0. The van der Waals surface area contributed by atoms with Crippen LogP contribution in [0.1, 0.15) is 7.43 Å². The molecule has 25 valence electrons. The fourth-order valence-corrected chi connectivity index (χ4v) is 0. The van der Waals surface area contributed by atoms with Gasteiger partial charge in [-0.15, -0.1) is 0 Å². The van der Waals surface area contributed by atoms with Crippen molar-refractivity contribution in [1.82, 2.24) is 0 Å². The molecule has 0 aromatic heterocycles. The fourth-order valence-electron chi connectivity index (χ4n) is 0. The first-order valence-electron chi connectivity index (χ1n) is 0. The Balaban J connectivity index is 0. The van der Waals surface area contributed by atoms with Crippen LogP contribution in [0.25, 0.3) is 0 Å². The second kappa shape index (κ2) is 19.3. The standard InChI is InChI=1S/CH4.Ca.Mn.H2S/h1H4;;;1H2. The number of hydrogen-bond acceptors (Lipinski definition) is 0. The Hall–Kier alpha value is 2.13. The van der Waals surface area contributed by atoms with Crippen LogP contribution in [0.15, 0.2) is 0 Å². The maximum Gasteiger partial charge on any atom is 0 e. The summed E-state index contributed by atoms with van der Waals surface area (Å²) in [7, 11) is 0. The molecule has 4 heavy (non-hydrogen) atoms. The average molecular weight is 145 g/mol. The van der Waals surface area contributed by atoms with Crippen LogP contribution in [0.5, 0.6) is 0 Å². The summed E-state index contributed by atoms with van der Waals surface area (Å²) in [5.74, 6) is 0. The molecule has 0 aliphatic heterocycles. The molecular weight excluding hydrogens is 139 g/mol. The van der Waals surface area contributed by atoms with Crippen LogP contribution in [0.3, 0.4) is 0 Å². The monoisotopic (exact) mass is 145 g/mol. The van der Waals surface area contributed by atoms with Gasteiger partial charge in [0.2, 0.25) is 0 Å². The molecule has 3 heteroatoms. The van der Waals surface area contributed by atoms with E-state index >= 15 is 0 Å². The van der Waals surface area contributed by atoms with E-state index in [1.807, 2.05) is 0 Å².